The molecule has 1 rings (SSSR count). The smallest absolute Gasteiger partial charge is 0.341 e. The average molecular weight is 323 g/mol. The third kappa shape index (κ3) is 9.47. The fraction of sp³-hybridized carbons (Fsp3) is 0.385. The fourth-order valence-electron chi connectivity index (χ4n) is 0.963. The van der Waals surface area contributed by atoms with E-state index in [1.54, 1.807) is 6.07 Å². The van der Waals surface area contributed by atoms with Crippen molar-refractivity contribution >= 4 is 35.6 Å². The number of ether oxygens (including phenoxy) is 2. The monoisotopic (exact) mass is 322 g/mol. The van der Waals surface area contributed by atoms with Gasteiger partial charge in [0.05, 0.1) is 11.6 Å². The Kier molecular flexibility index (Phi) is 9.59. The normalized spacial score (nSPS) is 9.45. The molecule has 7 heteroatoms. The molecule has 5 nitrogen and oxygen atoms in total. The molecule has 0 saturated carbocycles. The molecule has 0 bridgehead atoms. The lowest BCUT2D eigenvalue weighted by Crippen LogP contribution is -2.09. The summed E-state index contributed by atoms with van der Waals surface area (Å²) >= 11 is 11.3. The minimum absolute atomic E-state index is 0.300. The van der Waals surface area contributed by atoms with E-state index in [9.17, 15) is 9.59 Å². The van der Waals surface area contributed by atoms with Gasteiger partial charge >= 0.3 is 5.97 Å². The van der Waals surface area contributed by atoms with E-state index in [-0.39, 0.29) is 0 Å². The first kappa shape index (κ1) is 18.5. The molecule has 0 heterocycles. The number of halogens is 2. The molecule has 20 heavy (non-hydrogen) atoms. The van der Waals surface area contributed by atoms with Gasteiger partial charge in [0.15, 0.2) is 6.61 Å². The lowest BCUT2D eigenvalue weighted by molar-refractivity contribution is -0.139. The summed E-state index contributed by atoms with van der Waals surface area (Å²) in [4.78, 5) is 19.6. The maximum atomic E-state index is 10.2. The summed E-state index contributed by atoms with van der Waals surface area (Å²) in [7, 11) is 0. The number of carbonyl (C=O) groups excluding carboxylic acids is 1. The zero-order chi connectivity index (χ0) is 15.5. The first-order chi connectivity index (χ1) is 9.36. The number of benzene rings is 1. The van der Waals surface area contributed by atoms with Gasteiger partial charge < -0.3 is 14.6 Å². The van der Waals surface area contributed by atoms with Gasteiger partial charge in [0.2, 0.25) is 0 Å². The van der Waals surface area contributed by atoms with Crippen molar-refractivity contribution in [3.63, 3.8) is 0 Å². The molecule has 0 fully saturated rings. The van der Waals surface area contributed by atoms with E-state index < -0.39 is 12.6 Å². The molecule has 1 aromatic rings. The highest BCUT2D eigenvalue weighted by Crippen LogP contribution is 2.27. The molecule has 0 aliphatic rings. The van der Waals surface area contributed by atoms with Gasteiger partial charge in [-0.2, -0.15) is 0 Å². The molecular weight excluding hydrogens is 307 g/mol. The van der Waals surface area contributed by atoms with Gasteiger partial charge in [-0.15, -0.1) is 0 Å². The summed E-state index contributed by atoms with van der Waals surface area (Å²) in [6, 6.07) is 4.58. The second-order valence-corrected chi connectivity index (χ2v) is 4.92. The van der Waals surface area contributed by atoms with E-state index in [1.165, 1.54) is 12.1 Å². The molecule has 0 spiro atoms. The minimum Gasteiger partial charge on any atom is -0.480 e. The van der Waals surface area contributed by atoms with Crippen molar-refractivity contribution in [3.8, 4) is 5.75 Å². The largest absolute Gasteiger partial charge is 0.480 e. The van der Waals surface area contributed by atoms with Crippen LogP contribution in [0.4, 0.5) is 0 Å². The second kappa shape index (κ2) is 10.3. The van der Waals surface area contributed by atoms with E-state index in [4.69, 9.17) is 33.0 Å². The van der Waals surface area contributed by atoms with Crippen LogP contribution in [0.25, 0.3) is 0 Å². The van der Waals surface area contributed by atoms with Crippen molar-refractivity contribution < 1.29 is 24.2 Å². The van der Waals surface area contributed by atoms with Crippen molar-refractivity contribution in [1.82, 2.24) is 0 Å². The number of aliphatic carboxylic acids is 1. The third-order valence-corrected chi connectivity index (χ3v) is 2.27. The second-order valence-electron chi connectivity index (χ2n) is 4.08. The van der Waals surface area contributed by atoms with Crippen LogP contribution >= 0.6 is 23.2 Å². The highest BCUT2D eigenvalue weighted by molar-refractivity contribution is 6.35. The Labute approximate surface area is 127 Å². The quantitative estimate of drug-likeness (QED) is 0.814. The van der Waals surface area contributed by atoms with Crippen LogP contribution < -0.4 is 4.74 Å². The fourth-order valence-corrected chi connectivity index (χ4v) is 1.43. The van der Waals surface area contributed by atoms with Gasteiger partial charge in [-0.25, -0.2) is 4.79 Å². The van der Waals surface area contributed by atoms with Crippen LogP contribution in [-0.2, 0) is 14.3 Å². The maximum absolute atomic E-state index is 10.2. The van der Waals surface area contributed by atoms with Crippen molar-refractivity contribution in [3.05, 3.63) is 28.2 Å². The standard InChI is InChI=1S/C8H6Cl2O3.C5H10O2/c9-5-1-2-7(6(10)3-5)13-4-8(11)12;1-5(2)3-7-4-6/h1-3H,4H2,(H,11,12);4-5H,3H2,1-2H3. The van der Waals surface area contributed by atoms with E-state index >= 15 is 0 Å². The summed E-state index contributed by atoms with van der Waals surface area (Å²) in [5, 5.41) is 9.11. The third-order valence-electron chi connectivity index (χ3n) is 1.74. The number of rotatable bonds is 6. The topological polar surface area (TPSA) is 72.8 Å². The Bertz CT molecular complexity index is 435. The van der Waals surface area contributed by atoms with Crippen LogP contribution in [0, 0.1) is 5.92 Å². The van der Waals surface area contributed by atoms with Gasteiger partial charge in [-0.05, 0) is 24.1 Å². The summed E-state index contributed by atoms with van der Waals surface area (Å²) in [6.07, 6.45) is 0. The summed E-state index contributed by atoms with van der Waals surface area (Å²) in [5.74, 6) is -0.287. The van der Waals surface area contributed by atoms with Crippen LogP contribution in [0.1, 0.15) is 13.8 Å². The average Bonchev–Trinajstić information content (AvgIpc) is 2.35. The summed E-state index contributed by atoms with van der Waals surface area (Å²) < 4.78 is 9.28. The first-order valence-electron chi connectivity index (χ1n) is 5.71. The number of carboxylic acids is 1. The van der Waals surface area contributed by atoms with Gasteiger partial charge in [-0.1, -0.05) is 37.0 Å². The van der Waals surface area contributed by atoms with Crippen LogP contribution in [-0.4, -0.2) is 30.8 Å². The molecular formula is C13H16Cl2O5. The Morgan fingerprint density at radius 3 is 2.45 bits per heavy atom. The number of hydrogen-bond acceptors (Lipinski definition) is 4. The summed E-state index contributed by atoms with van der Waals surface area (Å²) in [5.41, 5.74) is 0. The van der Waals surface area contributed by atoms with Crippen LogP contribution in [0.2, 0.25) is 10.0 Å². The molecule has 112 valence electrons. The van der Waals surface area contributed by atoms with E-state index in [2.05, 4.69) is 4.74 Å². The molecule has 0 atom stereocenters. The Balaban J connectivity index is 0.000000441. The summed E-state index contributed by atoms with van der Waals surface area (Å²) in [6.45, 7) is 4.57. The van der Waals surface area contributed by atoms with E-state index in [0.717, 1.165) is 0 Å². The zero-order valence-corrected chi connectivity index (χ0v) is 12.6. The first-order valence-corrected chi connectivity index (χ1v) is 6.47. The molecule has 0 amide bonds. The Morgan fingerprint density at radius 2 is 2.05 bits per heavy atom. The van der Waals surface area contributed by atoms with Crippen molar-refractivity contribution in [2.45, 2.75) is 13.8 Å². The molecule has 0 radical (unpaired) electrons. The molecule has 0 saturated heterocycles. The van der Waals surface area contributed by atoms with Gasteiger partial charge in [-0.3, -0.25) is 4.79 Å². The molecule has 0 aliphatic carbocycles. The lowest BCUT2D eigenvalue weighted by atomic mass is 10.2. The molecule has 0 aliphatic heterocycles. The number of hydrogen-bond donors (Lipinski definition) is 1. The van der Waals surface area contributed by atoms with Crippen LogP contribution in [0.15, 0.2) is 18.2 Å². The molecule has 1 aromatic carbocycles. The number of carboxylic acid groups (broad SMARTS) is 1. The molecule has 1 N–H and O–H groups in total. The van der Waals surface area contributed by atoms with Crippen molar-refractivity contribution in [1.29, 1.82) is 0 Å². The molecule has 0 unspecified atom stereocenters. The van der Waals surface area contributed by atoms with Crippen molar-refractivity contribution in [2.24, 2.45) is 5.92 Å². The van der Waals surface area contributed by atoms with Gasteiger partial charge in [0.1, 0.15) is 5.75 Å². The maximum Gasteiger partial charge on any atom is 0.341 e. The van der Waals surface area contributed by atoms with E-state index in [0.29, 0.717) is 34.8 Å². The zero-order valence-electron chi connectivity index (χ0n) is 11.1. The SMILES string of the molecule is CC(C)COC=O.O=C(O)COc1ccc(Cl)cc1Cl. The molecule has 0 aromatic heterocycles. The minimum atomic E-state index is -1.05. The van der Waals surface area contributed by atoms with E-state index in [1.807, 2.05) is 13.8 Å². The van der Waals surface area contributed by atoms with Crippen molar-refractivity contribution in [2.75, 3.05) is 13.2 Å². The predicted molar refractivity (Wildman–Crippen MR) is 76.4 cm³/mol. The Hall–Kier alpha value is -1.46. The van der Waals surface area contributed by atoms with Crippen LogP contribution in [0.3, 0.4) is 0 Å². The highest BCUT2D eigenvalue weighted by atomic mass is 35.5. The Morgan fingerprint density at radius 1 is 1.40 bits per heavy atom. The van der Waals surface area contributed by atoms with Crippen LogP contribution in [0.5, 0.6) is 5.75 Å². The van der Waals surface area contributed by atoms with Gasteiger partial charge in [0, 0.05) is 5.02 Å². The highest BCUT2D eigenvalue weighted by Gasteiger charge is 2.04. The number of carbonyl (C=O) groups is 2. The van der Waals surface area contributed by atoms with Gasteiger partial charge in [0.25, 0.3) is 6.47 Å². The lowest BCUT2D eigenvalue weighted by Gasteiger charge is -2.04. The predicted octanol–water partition coefficient (Wildman–Crippen LogP) is 3.27.